The molecule has 16 heavy (non-hydrogen) atoms. The highest BCUT2D eigenvalue weighted by molar-refractivity contribution is 5.95. The van der Waals surface area contributed by atoms with Gasteiger partial charge in [-0.1, -0.05) is 24.3 Å². The molecule has 3 heteroatoms. The first-order valence-corrected chi connectivity index (χ1v) is 5.25. The molecule has 0 radical (unpaired) electrons. The van der Waals surface area contributed by atoms with Crippen molar-refractivity contribution in [3.63, 3.8) is 0 Å². The Balaban J connectivity index is 2.70. The first-order valence-electron chi connectivity index (χ1n) is 5.25. The highest BCUT2D eigenvalue weighted by atomic mass is 14.8. The van der Waals surface area contributed by atoms with Crippen molar-refractivity contribution in [2.75, 3.05) is 12.8 Å². The summed E-state index contributed by atoms with van der Waals surface area (Å²) in [5.74, 6) is 0. The molecule has 0 unspecified atom stereocenters. The van der Waals surface area contributed by atoms with Crippen LogP contribution in [-0.2, 0) is 0 Å². The summed E-state index contributed by atoms with van der Waals surface area (Å²) in [6.07, 6.45) is 3.76. The summed E-state index contributed by atoms with van der Waals surface area (Å²) in [5, 5.41) is 4.19. The second-order valence-corrected chi connectivity index (χ2v) is 3.55. The molecule has 0 spiro atoms. The predicted octanol–water partition coefficient (Wildman–Crippen LogP) is 2.40. The molecule has 0 bridgehead atoms. The molecule has 2 aromatic rings. The van der Waals surface area contributed by atoms with E-state index < -0.39 is 0 Å². The molecule has 1 heterocycles. The number of nitrogens with zero attached hydrogens (tertiary/aromatic N) is 1. The summed E-state index contributed by atoms with van der Waals surface area (Å²) in [6, 6.07) is 7.98. The van der Waals surface area contributed by atoms with E-state index >= 15 is 0 Å². The Morgan fingerprint density at radius 1 is 1.38 bits per heavy atom. The van der Waals surface area contributed by atoms with Crippen molar-refractivity contribution in [3.8, 4) is 0 Å². The molecule has 0 atom stereocenters. The number of nitrogens with two attached hydrogens (primary N) is 1. The second-order valence-electron chi connectivity index (χ2n) is 3.55. The predicted molar refractivity (Wildman–Crippen MR) is 68.9 cm³/mol. The van der Waals surface area contributed by atoms with Gasteiger partial charge in [0.25, 0.3) is 0 Å². The second kappa shape index (κ2) is 4.23. The summed E-state index contributed by atoms with van der Waals surface area (Å²) < 4.78 is 0. The zero-order valence-electron chi connectivity index (χ0n) is 9.49. The summed E-state index contributed by atoms with van der Waals surface area (Å²) in [4.78, 5) is 4.31. The Morgan fingerprint density at radius 3 is 2.88 bits per heavy atom. The number of benzene rings is 1. The van der Waals surface area contributed by atoms with E-state index in [1.165, 1.54) is 0 Å². The van der Waals surface area contributed by atoms with Crippen LogP contribution >= 0.6 is 0 Å². The third-order valence-corrected chi connectivity index (χ3v) is 2.66. The van der Waals surface area contributed by atoms with Gasteiger partial charge < -0.3 is 11.1 Å². The van der Waals surface area contributed by atoms with Crippen LogP contribution in [0.25, 0.3) is 16.6 Å². The Hall–Kier alpha value is -2.03. The lowest BCUT2D eigenvalue weighted by Gasteiger charge is -2.11. The quantitative estimate of drug-likeness (QED) is 0.753. The number of hydrogen-bond acceptors (Lipinski definition) is 3. The standard InChI is InChI=1S/C13H15N3/c1-3-11(15-2)10-7-6-9-5-4-8-16-13(9)12(10)14/h3-8,15H,14H2,1-2H3/b11-3+. The molecule has 1 aromatic heterocycles. The van der Waals surface area contributed by atoms with Crippen molar-refractivity contribution in [2.24, 2.45) is 0 Å². The molecule has 1 aromatic carbocycles. The Morgan fingerprint density at radius 2 is 2.19 bits per heavy atom. The zero-order valence-corrected chi connectivity index (χ0v) is 9.49. The van der Waals surface area contributed by atoms with Crippen LogP contribution in [0.15, 0.2) is 36.5 Å². The Kier molecular flexibility index (Phi) is 2.77. The molecular weight excluding hydrogens is 198 g/mol. The van der Waals surface area contributed by atoms with Crippen molar-refractivity contribution in [3.05, 3.63) is 42.1 Å². The fourth-order valence-electron chi connectivity index (χ4n) is 1.84. The topological polar surface area (TPSA) is 50.9 Å². The lowest BCUT2D eigenvalue weighted by Crippen LogP contribution is -2.07. The van der Waals surface area contributed by atoms with Crippen molar-refractivity contribution in [1.29, 1.82) is 0 Å². The van der Waals surface area contributed by atoms with E-state index in [1.54, 1.807) is 6.20 Å². The van der Waals surface area contributed by atoms with Crippen LogP contribution in [-0.4, -0.2) is 12.0 Å². The lowest BCUT2D eigenvalue weighted by molar-refractivity contribution is 1.12. The smallest absolute Gasteiger partial charge is 0.0938 e. The molecule has 0 saturated carbocycles. The van der Waals surface area contributed by atoms with E-state index in [2.05, 4.69) is 10.3 Å². The lowest BCUT2D eigenvalue weighted by atomic mass is 10.1. The number of aromatic nitrogens is 1. The van der Waals surface area contributed by atoms with E-state index in [4.69, 9.17) is 5.73 Å². The third-order valence-electron chi connectivity index (χ3n) is 2.66. The van der Waals surface area contributed by atoms with Gasteiger partial charge >= 0.3 is 0 Å². The van der Waals surface area contributed by atoms with Gasteiger partial charge in [-0.05, 0) is 13.0 Å². The highest BCUT2D eigenvalue weighted by Gasteiger charge is 2.07. The maximum atomic E-state index is 6.13. The summed E-state index contributed by atoms with van der Waals surface area (Å²) in [7, 11) is 1.89. The highest BCUT2D eigenvalue weighted by Crippen LogP contribution is 2.26. The molecule has 3 N–H and O–H groups in total. The minimum Gasteiger partial charge on any atom is -0.396 e. The molecule has 0 aliphatic rings. The number of allylic oxidation sites excluding steroid dienone is 1. The Bertz CT molecular complexity index is 544. The molecule has 0 saturated heterocycles. The van der Waals surface area contributed by atoms with Gasteiger partial charge in [-0.25, -0.2) is 0 Å². The summed E-state index contributed by atoms with van der Waals surface area (Å²) in [6.45, 7) is 1.98. The summed E-state index contributed by atoms with van der Waals surface area (Å²) in [5.41, 5.74) is 9.72. The zero-order chi connectivity index (χ0) is 11.5. The maximum Gasteiger partial charge on any atom is 0.0938 e. The van der Waals surface area contributed by atoms with Crippen LogP contribution in [0.2, 0.25) is 0 Å². The number of hydrogen-bond donors (Lipinski definition) is 2. The van der Waals surface area contributed by atoms with Gasteiger partial charge in [0.15, 0.2) is 0 Å². The normalized spacial score (nSPS) is 11.8. The first-order chi connectivity index (χ1) is 7.77. The van der Waals surface area contributed by atoms with Gasteiger partial charge in [0.2, 0.25) is 0 Å². The summed E-state index contributed by atoms with van der Waals surface area (Å²) >= 11 is 0. The minimum atomic E-state index is 0.723. The van der Waals surface area contributed by atoms with E-state index in [0.717, 1.165) is 27.9 Å². The molecular formula is C13H15N3. The van der Waals surface area contributed by atoms with Gasteiger partial charge in [-0.3, -0.25) is 4.98 Å². The number of nitrogen functional groups attached to an aromatic ring is 1. The van der Waals surface area contributed by atoms with Gasteiger partial charge in [-0.2, -0.15) is 0 Å². The molecule has 0 amide bonds. The van der Waals surface area contributed by atoms with Crippen LogP contribution in [0.3, 0.4) is 0 Å². The third kappa shape index (κ3) is 1.60. The van der Waals surface area contributed by atoms with Crippen LogP contribution in [0.4, 0.5) is 5.69 Å². The molecule has 3 nitrogen and oxygen atoms in total. The first kappa shape index (κ1) is 10.5. The average molecular weight is 213 g/mol. The van der Waals surface area contributed by atoms with Crippen LogP contribution in [0.1, 0.15) is 12.5 Å². The van der Waals surface area contributed by atoms with Crippen molar-refractivity contribution in [1.82, 2.24) is 10.3 Å². The fourth-order valence-corrected chi connectivity index (χ4v) is 1.84. The number of anilines is 1. The van der Waals surface area contributed by atoms with E-state index in [1.807, 2.05) is 44.3 Å². The molecule has 0 fully saturated rings. The maximum absolute atomic E-state index is 6.13. The monoisotopic (exact) mass is 213 g/mol. The van der Waals surface area contributed by atoms with E-state index in [9.17, 15) is 0 Å². The minimum absolute atomic E-state index is 0.723. The number of fused-ring (bicyclic) bond motifs is 1. The molecule has 82 valence electrons. The van der Waals surface area contributed by atoms with Crippen LogP contribution < -0.4 is 11.1 Å². The van der Waals surface area contributed by atoms with Crippen LogP contribution in [0.5, 0.6) is 0 Å². The largest absolute Gasteiger partial charge is 0.396 e. The van der Waals surface area contributed by atoms with Crippen molar-refractivity contribution < 1.29 is 0 Å². The van der Waals surface area contributed by atoms with Gasteiger partial charge in [-0.15, -0.1) is 0 Å². The Labute approximate surface area is 95.0 Å². The van der Waals surface area contributed by atoms with E-state index in [0.29, 0.717) is 0 Å². The fraction of sp³-hybridized carbons (Fsp3) is 0.154. The number of nitrogens with one attached hydrogen (secondary N) is 1. The SMILES string of the molecule is C/C=C(/NC)c1ccc2cccnc2c1N. The van der Waals surface area contributed by atoms with Gasteiger partial charge in [0.05, 0.1) is 11.2 Å². The molecule has 2 rings (SSSR count). The number of pyridine rings is 1. The van der Waals surface area contributed by atoms with Crippen LogP contribution in [0, 0.1) is 0 Å². The van der Waals surface area contributed by atoms with Crippen molar-refractivity contribution >= 4 is 22.3 Å². The molecule has 0 aliphatic heterocycles. The van der Waals surface area contributed by atoms with Crippen molar-refractivity contribution in [2.45, 2.75) is 6.92 Å². The number of rotatable bonds is 2. The van der Waals surface area contributed by atoms with Gasteiger partial charge in [0.1, 0.15) is 0 Å². The van der Waals surface area contributed by atoms with E-state index in [-0.39, 0.29) is 0 Å². The average Bonchev–Trinajstić information content (AvgIpc) is 2.34. The molecule has 0 aliphatic carbocycles. The van der Waals surface area contributed by atoms with Gasteiger partial charge in [0, 0.05) is 29.9 Å².